The quantitative estimate of drug-likeness (QED) is 0.165. The Balaban J connectivity index is 0.00000196. The van der Waals surface area contributed by atoms with Gasteiger partial charge in [-0.15, -0.1) is 0 Å². The fourth-order valence-electron chi connectivity index (χ4n) is 6.13. The van der Waals surface area contributed by atoms with Crippen LogP contribution in [0.4, 0.5) is 17.6 Å². The van der Waals surface area contributed by atoms with E-state index < -0.39 is 23.3 Å². The Kier molecular flexibility index (Phi) is 13.6. The maximum atomic E-state index is 14.2. The van der Waals surface area contributed by atoms with Crippen LogP contribution in [0.3, 0.4) is 0 Å². The molecule has 52 heavy (non-hydrogen) atoms. The van der Waals surface area contributed by atoms with Crippen molar-refractivity contribution >= 4 is 46.4 Å². The van der Waals surface area contributed by atoms with Gasteiger partial charge >= 0.3 is 59.1 Å². The van der Waals surface area contributed by atoms with Crippen LogP contribution >= 0.6 is 0 Å². The monoisotopic (exact) mass is 726 g/mol. The summed E-state index contributed by atoms with van der Waals surface area (Å²) >= 11 is 0. The Bertz CT molecular complexity index is 2320. The number of rotatable bonds is 10. The van der Waals surface area contributed by atoms with Crippen LogP contribution in [0.5, 0.6) is 0 Å². The van der Waals surface area contributed by atoms with Gasteiger partial charge < -0.3 is 22.3 Å². The number of nitrogens with zero attached hydrogens (tertiary/aromatic N) is 2. The molecule has 2 atom stereocenters. The second-order valence-electron chi connectivity index (χ2n) is 12.4. The molecule has 0 aliphatic carbocycles. The summed E-state index contributed by atoms with van der Waals surface area (Å²) in [6.07, 6.45) is 7.57. The van der Waals surface area contributed by atoms with Gasteiger partial charge in [0.2, 0.25) is 0 Å². The van der Waals surface area contributed by atoms with E-state index in [9.17, 15) is 17.6 Å². The predicted molar refractivity (Wildman–Crippen MR) is 190 cm³/mol. The molecular formula is C40H36F4N4Na2O2. The molecule has 12 heteroatoms. The van der Waals surface area contributed by atoms with Crippen LogP contribution < -0.4 is 59.1 Å². The maximum absolute atomic E-state index is 14.2. The summed E-state index contributed by atoms with van der Waals surface area (Å²) in [4.78, 5) is 16.5. The third-order valence-electron chi connectivity index (χ3n) is 8.74. The topological polar surface area (TPSA) is 75.8 Å². The molecule has 2 aromatic carbocycles. The Morgan fingerprint density at radius 3 is 1.46 bits per heavy atom. The van der Waals surface area contributed by atoms with Gasteiger partial charge in [0.1, 0.15) is 23.3 Å². The molecule has 0 amide bonds. The van der Waals surface area contributed by atoms with Crippen LogP contribution in [0.2, 0.25) is 0 Å². The Morgan fingerprint density at radius 2 is 0.981 bits per heavy atom. The average Bonchev–Trinajstić information content (AvgIpc) is 3.88. The van der Waals surface area contributed by atoms with Crippen molar-refractivity contribution in [1.29, 1.82) is 0 Å². The largest absolute Gasteiger partial charge is 1.00 e. The van der Waals surface area contributed by atoms with Crippen LogP contribution in [0.15, 0.2) is 72.8 Å². The predicted octanol–water partition coefficient (Wildman–Crippen LogP) is 4.09. The van der Waals surface area contributed by atoms with Crippen molar-refractivity contribution in [3.05, 3.63) is 141 Å². The summed E-state index contributed by atoms with van der Waals surface area (Å²) in [5.41, 5.74) is 8.81. The van der Waals surface area contributed by atoms with Crippen molar-refractivity contribution in [2.45, 2.75) is 38.9 Å². The first-order valence-electron chi connectivity index (χ1n) is 16.4. The van der Waals surface area contributed by atoms with E-state index in [-0.39, 0.29) is 100 Å². The Morgan fingerprint density at radius 1 is 0.558 bits per heavy atom. The van der Waals surface area contributed by atoms with Crippen molar-refractivity contribution in [3.8, 4) is 0 Å². The molecule has 0 fully saturated rings. The van der Waals surface area contributed by atoms with Gasteiger partial charge in [0.15, 0.2) is 0 Å². The van der Waals surface area contributed by atoms with Crippen LogP contribution in [-0.4, -0.2) is 33.1 Å². The number of hydrogen-bond acceptors (Lipinski definition) is 4. The first kappa shape index (κ1) is 39.9. The molecule has 5 aromatic rings. The van der Waals surface area contributed by atoms with Gasteiger partial charge in [0.05, 0.1) is 48.2 Å². The van der Waals surface area contributed by atoms with E-state index >= 15 is 0 Å². The van der Waals surface area contributed by atoms with Gasteiger partial charge in [0, 0.05) is 45.3 Å². The number of nitrogens with one attached hydrogen (secondary N) is 2. The van der Waals surface area contributed by atoms with E-state index in [1.165, 1.54) is 24.3 Å². The zero-order valence-corrected chi connectivity index (χ0v) is 33.4. The molecule has 6 nitrogen and oxygen atoms in total. The second kappa shape index (κ2) is 17.7. The fourth-order valence-corrected chi connectivity index (χ4v) is 6.13. The molecule has 0 spiro atoms. The van der Waals surface area contributed by atoms with Gasteiger partial charge in [-0.3, -0.25) is 0 Å². The summed E-state index contributed by atoms with van der Waals surface area (Å²) in [7, 11) is 0. The second-order valence-corrected chi connectivity index (χ2v) is 12.4. The summed E-state index contributed by atoms with van der Waals surface area (Å²) in [6.45, 7) is 4.32. The molecule has 2 aliphatic heterocycles. The normalized spacial score (nSPS) is 13.0. The van der Waals surface area contributed by atoms with E-state index in [4.69, 9.17) is 19.4 Å². The van der Waals surface area contributed by atoms with Crippen LogP contribution in [0, 0.1) is 23.3 Å². The number of hydrogen-bond donors (Lipinski definition) is 2. The molecule has 0 saturated carbocycles. The number of benzene rings is 2. The zero-order valence-electron chi connectivity index (χ0n) is 31.4. The standard InChI is InChI=1S/C40H34F4N4O2.2Na.2H/c1-23(49-13-11-25-3-5-27(41)15-37(25)43)35-19-33-18-31-8-7-29(45-31)17-30-9-10-32(46-30)21-39-36(20-34(48-39)22-40(35)47-33)24(2)50-14-12-26-4-6-28(42)16-38(26)44;;;;/h3-10,15-24,47-48H,11-14H2,1-2H3;;;;/q;2*+1;2*-1. The summed E-state index contributed by atoms with van der Waals surface area (Å²) in [5, 5.41) is 0. The van der Waals surface area contributed by atoms with Gasteiger partial charge in [0.25, 0.3) is 0 Å². The summed E-state index contributed by atoms with van der Waals surface area (Å²) < 4.78 is 67.6. The van der Waals surface area contributed by atoms with Crippen LogP contribution in [0.25, 0.3) is 46.4 Å². The SMILES string of the molecule is CC(OCCc1ccc(F)cc1F)c1cc2cc3[nH]c(cc4nc(cc5nc(cc1[nH]2)C=C5)C=C4)cc3C(C)OCCc1ccc(F)cc1F.[H-].[H-].[Na+].[Na+]. The minimum atomic E-state index is -0.618. The number of H-pyrrole nitrogens is 2. The summed E-state index contributed by atoms with van der Waals surface area (Å²) in [5.74, 6) is -2.43. The van der Waals surface area contributed by atoms with Crippen LogP contribution in [0.1, 0.15) is 73.9 Å². The molecule has 7 rings (SSSR count). The van der Waals surface area contributed by atoms with E-state index in [1.807, 2.05) is 74.5 Å². The molecule has 0 radical (unpaired) electrons. The molecule has 5 heterocycles. The smallest absolute Gasteiger partial charge is 1.00 e. The number of aromatic nitrogens is 4. The molecule has 258 valence electrons. The zero-order chi connectivity index (χ0) is 34.8. The summed E-state index contributed by atoms with van der Waals surface area (Å²) in [6, 6.07) is 18.9. The number of aromatic amines is 2. The first-order chi connectivity index (χ1) is 24.2. The number of ether oxygens (including phenoxy) is 2. The molecule has 2 N–H and O–H groups in total. The fraction of sp³-hybridized carbons (Fsp3) is 0.200. The van der Waals surface area contributed by atoms with Gasteiger partial charge in [-0.05, 0) is 111 Å². The van der Waals surface area contributed by atoms with Gasteiger partial charge in [-0.25, -0.2) is 27.5 Å². The van der Waals surface area contributed by atoms with Gasteiger partial charge in [-0.1, -0.05) is 12.1 Å². The van der Waals surface area contributed by atoms with E-state index in [2.05, 4.69) is 9.97 Å². The molecule has 0 saturated heterocycles. The molecule has 2 unspecified atom stereocenters. The average molecular weight is 727 g/mol. The third-order valence-corrected chi connectivity index (χ3v) is 8.74. The van der Waals surface area contributed by atoms with Crippen LogP contribution in [-0.2, 0) is 22.3 Å². The molecule has 8 bridgehead atoms. The molecule has 2 aliphatic rings. The maximum Gasteiger partial charge on any atom is 1.00 e. The van der Waals surface area contributed by atoms with E-state index in [1.54, 1.807) is 0 Å². The van der Waals surface area contributed by atoms with Crippen molar-refractivity contribution in [2.75, 3.05) is 13.2 Å². The van der Waals surface area contributed by atoms with E-state index in [0.29, 0.717) is 11.1 Å². The van der Waals surface area contributed by atoms with E-state index in [0.717, 1.165) is 68.1 Å². The minimum Gasteiger partial charge on any atom is -1.00 e. The number of fused-ring (bicyclic) bond motifs is 8. The molecule has 3 aromatic heterocycles. The number of halogens is 4. The Hall–Kier alpha value is -3.32. The molecular weight excluding hydrogens is 690 g/mol. The van der Waals surface area contributed by atoms with Crippen molar-refractivity contribution in [2.24, 2.45) is 0 Å². The van der Waals surface area contributed by atoms with Crippen molar-refractivity contribution < 1.29 is 89.0 Å². The van der Waals surface area contributed by atoms with Crippen molar-refractivity contribution in [1.82, 2.24) is 19.9 Å². The first-order valence-corrected chi connectivity index (χ1v) is 16.4. The Labute approximate surface area is 346 Å². The van der Waals surface area contributed by atoms with Crippen molar-refractivity contribution in [3.63, 3.8) is 0 Å². The minimum absolute atomic E-state index is 0. The third kappa shape index (κ3) is 9.61. The van der Waals surface area contributed by atoms with Gasteiger partial charge in [-0.2, -0.15) is 0 Å².